The van der Waals surface area contributed by atoms with Gasteiger partial charge in [0.2, 0.25) is 0 Å². The molecule has 2 N–H and O–H groups in total. The van der Waals surface area contributed by atoms with E-state index in [1.54, 1.807) is 25.2 Å². The standard InChI is InChI=1S/C18H20F3N3.HI/c1-22-18(24-9-7-14-4-2-3-5-17(14)21)23-8-6-13-10-15(19)12-16(20)11-13;/h2-5,10-12H,6-9H2,1H3,(H2,22,23,24);1H. The Morgan fingerprint density at radius 3 is 2.12 bits per heavy atom. The molecule has 0 heterocycles. The van der Waals surface area contributed by atoms with E-state index in [0.717, 1.165) is 6.07 Å². The summed E-state index contributed by atoms with van der Waals surface area (Å²) in [6, 6.07) is 10.1. The molecule has 0 aromatic heterocycles. The second-order valence-electron chi connectivity index (χ2n) is 5.29. The zero-order valence-corrected chi connectivity index (χ0v) is 16.2. The van der Waals surface area contributed by atoms with Crippen LogP contribution in [-0.2, 0) is 12.8 Å². The van der Waals surface area contributed by atoms with Crippen LogP contribution in [0.3, 0.4) is 0 Å². The average molecular weight is 463 g/mol. The van der Waals surface area contributed by atoms with Gasteiger partial charge < -0.3 is 10.6 Å². The van der Waals surface area contributed by atoms with Crippen molar-refractivity contribution in [3.05, 3.63) is 71.0 Å². The molecule has 0 unspecified atom stereocenters. The van der Waals surface area contributed by atoms with Gasteiger partial charge in [-0.2, -0.15) is 0 Å². The Hall–Kier alpha value is -1.77. The normalized spacial score (nSPS) is 11.0. The molecule has 3 nitrogen and oxygen atoms in total. The van der Waals surface area contributed by atoms with Crippen molar-refractivity contribution in [2.75, 3.05) is 20.1 Å². The molecule has 25 heavy (non-hydrogen) atoms. The molecule has 0 saturated carbocycles. The highest BCUT2D eigenvalue weighted by atomic mass is 127. The van der Waals surface area contributed by atoms with E-state index in [4.69, 9.17) is 0 Å². The third-order valence-corrected chi connectivity index (χ3v) is 3.50. The lowest BCUT2D eigenvalue weighted by Crippen LogP contribution is -2.39. The summed E-state index contributed by atoms with van der Waals surface area (Å²) >= 11 is 0. The van der Waals surface area contributed by atoms with Crippen molar-refractivity contribution in [1.82, 2.24) is 10.6 Å². The number of aliphatic imine (C=N–C) groups is 1. The molecule has 2 aromatic carbocycles. The summed E-state index contributed by atoms with van der Waals surface area (Å²) in [6.45, 7) is 0.997. The first-order valence-corrected chi connectivity index (χ1v) is 7.71. The molecule has 0 bridgehead atoms. The summed E-state index contributed by atoms with van der Waals surface area (Å²) in [5, 5.41) is 6.14. The number of guanidine groups is 1. The number of nitrogens with zero attached hydrogens (tertiary/aromatic N) is 1. The number of halogens is 4. The fourth-order valence-electron chi connectivity index (χ4n) is 2.32. The smallest absolute Gasteiger partial charge is 0.190 e. The number of benzene rings is 2. The van der Waals surface area contributed by atoms with Gasteiger partial charge in [0.25, 0.3) is 0 Å². The third-order valence-electron chi connectivity index (χ3n) is 3.50. The third kappa shape index (κ3) is 7.33. The summed E-state index contributed by atoms with van der Waals surface area (Å²) in [7, 11) is 1.63. The van der Waals surface area contributed by atoms with Crippen molar-refractivity contribution < 1.29 is 13.2 Å². The van der Waals surface area contributed by atoms with Gasteiger partial charge >= 0.3 is 0 Å². The maximum absolute atomic E-state index is 13.5. The molecular formula is C18H21F3IN3. The van der Waals surface area contributed by atoms with E-state index in [9.17, 15) is 13.2 Å². The van der Waals surface area contributed by atoms with E-state index in [0.29, 0.717) is 43.0 Å². The van der Waals surface area contributed by atoms with Gasteiger partial charge in [0.1, 0.15) is 17.5 Å². The lowest BCUT2D eigenvalue weighted by atomic mass is 10.1. The molecule has 0 spiro atoms. The second kappa shape index (κ2) is 11.0. The quantitative estimate of drug-likeness (QED) is 0.390. The number of nitrogens with one attached hydrogen (secondary N) is 2. The summed E-state index contributed by atoms with van der Waals surface area (Å²) in [4.78, 5) is 4.06. The van der Waals surface area contributed by atoms with Crippen LogP contribution in [0.2, 0.25) is 0 Å². The van der Waals surface area contributed by atoms with E-state index in [-0.39, 0.29) is 29.8 Å². The molecule has 0 fully saturated rings. The summed E-state index contributed by atoms with van der Waals surface area (Å²) in [5.41, 5.74) is 1.21. The molecule has 2 rings (SSSR count). The predicted molar refractivity (Wildman–Crippen MR) is 105 cm³/mol. The summed E-state index contributed by atoms with van der Waals surface area (Å²) < 4.78 is 39.7. The fraction of sp³-hybridized carbons (Fsp3) is 0.278. The lowest BCUT2D eigenvalue weighted by molar-refractivity contribution is 0.579. The van der Waals surface area contributed by atoms with Gasteiger partial charge in [0.15, 0.2) is 5.96 Å². The van der Waals surface area contributed by atoms with Crippen LogP contribution >= 0.6 is 24.0 Å². The zero-order valence-electron chi connectivity index (χ0n) is 13.9. The first-order valence-electron chi connectivity index (χ1n) is 7.71. The molecule has 0 radical (unpaired) electrons. The van der Waals surface area contributed by atoms with Crippen molar-refractivity contribution in [2.24, 2.45) is 4.99 Å². The van der Waals surface area contributed by atoms with Gasteiger partial charge in [-0.05, 0) is 42.2 Å². The second-order valence-corrected chi connectivity index (χ2v) is 5.29. The van der Waals surface area contributed by atoms with Crippen LogP contribution in [0.25, 0.3) is 0 Å². The van der Waals surface area contributed by atoms with E-state index in [1.807, 2.05) is 0 Å². The lowest BCUT2D eigenvalue weighted by Gasteiger charge is -2.12. The summed E-state index contributed by atoms with van der Waals surface area (Å²) in [6.07, 6.45) is 0.991. The SMILES string of the molecule is CN=C(NCCc1cc(F)cc(F)c1)NCCc1ccccc1F.I. The Balaban J connectivity index is 0.00000312. The molecule has 0 aliphatic carbocycles. The first-order chi connectivity index (χ1) is 11.6. The van der Waals surface area contributed by atoms with Crippen molar-refractivity contribution in [1.29, 1.82) is 0 Å². The van der Waals surface area contributed by atoms with Crippen LogP contribution in [0.4, 0.5) is 13.2 Å². The number of rotatable bonds is 6. The van der Waals surface area contributed by atoms with E-state index in [1.165, 1.54) is 18.2 Å². The first kappa shape index (κ1) is 21.3. The van der Waals surface area contributed by atoms with Crippen molar-refractivity contribution in [3.8, 4) is 0 Å². The van der Waals surface area contributed by atoms with E-state index >= 15 is 0 Å². The van der Waals surface area contributed by atoms with E-state index < -0.39 is 11.6 Å². The molecule has 0 amide bonds. The van der Waals surface area contributed by atoms with Gasteiger partial charge in [-0.25, -0.2) is 13.2 Å². The number of hydrogen-bond acceptors (Lipinski definition) is 1. The minimum absolute atomic E-state index is 0. The van der Waals surface area contributed by atoms with Crippen molar-refractivity contribution in [3.63, 3.8) is 0 Å². The van der Waals surface area contributed by atoms with E-state index in [2.05, 4.69) is 15.6 Å². The van der Waals surface area contributed by atoms with Gasteiger partial charge in [-0.15, -0.1) is 24.0 Å². The van der Waals surface area contributed by atoms with Crippen LogP contribution in [-0.4, -0.2) is 26.1 Å². The fourth-order valence-corrected chi connectivity index (χ4v) is 2.32. The highest BCUT2D eigenvalue weighted by Crippen LogP contribution is 2.08. The van der Waals surface area contributed by atoms with Gasteiger partial charge in [-0.3, -0.25) is 4.99 Å². The Labute approximate surface area is 162 Å². The average Bonchev–Trinajstić information content (AvgIpc) is 2.54. The molecule has 7 heteroatoms. The van der Waals surface area contributed by atoms with Crippen LogP contribution in [0.15, 0.2) is 47.5 Å². The molecule has 0 saturated heterocycles. The molecule has 2 aromatic rings. The molecule has 0 atom stereocenters. The Morgan fingerprint density at radius 2 is 1.52 bits per heavy atom. The Bertz CT molecular complexity index is 687. The summed E-state index contributed by atoms with van der Waals surface area (Å²) in [5.74, 6) is -0.839. The van der Waals surface area contributed by atoms with Crippen LogP contribution < -0.4 is 10.6 Å². The minimum atomic E-state index is -0.586. The predicted octanol–water partition coefficient (Wildman–Crippen LogP) is 3.67. The monoisotopic (exact) mass is 463 g/mol. The van der Waals surface area contributed by atoms with Gasteiger partial charge in [0, 0.05) is 26.2 Å². The molecule has 0 aliphatic rings. The zero-order chi connectivity index (χ0) is 17.4. The molecular weight excluding hydrogens is 442 g/mol. The Kier molecular flexibility index (Phi) is 9.33. The molecule has 136 valence electrons. The van der Waals surface area contributed by atoms with Gasteiger partial charge in [0.05, 0.1) is 0 Å². The molecule has 0 aliphatic heterocycles. The largest absolute Gasteiger partial charge is 0.356 e. The minimum Gasteiger partial charge on any atom is -0.356 e. The number of hydrogen-bond donors (Lipinski definition) is 2. The van der Waals surface area contributed by atoms with Crippen LogP contribution in [0.1, 0.15) is 11.1 Å². The topological polar surface area (TPSA) is 36.4 Å². The van der Waals surface area contributed by atoms with Crippen molar-refractivity contribution >= 4 is 29.9 Å². The van der Waals surface area contributed by atoms with Crippen LogP contribution in [0.5, 0.6) is 0 Å². The van der Waals surface area contributed by atoms with Gasteiger partial charge in [-0.1, -0.05) is 18.2 Å². The van der Waals surface area contributed by atoms with Crippen LogP contribution in [0, 0.1) is 17.5 Å². The highest BCUT2D eigenvalue weighted by Gasteiger charge is 2.03. The maximum Gasteiger partial charge on any atom is 0.190 e. The maximum atomic E-state index is 13.5. The van der Waals surface area contributed by atoms with Crippen molar-refractivity contribution in [2.45, 2.75) is 12.8 Å². The Morgan fingerprint density at radius 1 is 0.920 bits per heavy atom. The highest BCUT2D eigenvalue weighted by molar-refractivity contribution is 14.0.